The zero-order valence-electron chi connectivity index (χ0n) is 11.4. The average Bonchev–Trinajstić information content (AvgIpc) is 2.48. The molecule has 0 aliphatic carbocycles. The van der Waals surface area contributed by atoms with Gasteiger partial charge in [-0.15, -0.1) is 0 Å². The van der Waals surface area contributed by atoms with Crippen LogP contribution in [0.5, 0.6) is 0 Å². The highest BCUT2D eigenvalue weighted by Crippen LogP contribution is 2.23. The van der Waals surface area contributed by atoms with Gasteiger partial charge >= 0.3 is 0 Å². The Labute approximate surface area is 115 Å². The Hall–Kier alpha value is -2.07. The molecule has 2 rings (SSSR count). The molecule has 0 saturated heterocycles. The van der Waals surface area contributed by atoms with Crippen LogP contribution in [0.1, 0.15) is 31.7 Å². The molecule has 0 N–H and O–H groups in total. The Balaban J connectivity index is 2.07. The minimum absolute atomic E-state index is 0.694. The molecular formula is C18H19N. The van der Waals surface area contributed by atoms with Gasteiger partial charge in [-0.25, -0.2) is 4.85 Å². The number of aryl methyl sites for hydroxylation is 1. The monoisotopic (exact) mass is 249 g/mol. The molecule has 1 nitrogen and oxygen atoms in total. The van der Waals surface area contributed by atoms with Crippen molar-refractivity contribution in [1.29, 1.82) is 0 Å². The second kappa shape index (κ2) is 6.75. The van der Waals surface area contributed by atoms with Gasteiger partial charge in [-0.05, 0) is 29.5 Å². The first kappa shape index (κ1) is 13.4. The predicted octanol–water partition coefficient (Wildman–Crippen LogP) is 5.64. The summed E-state index contributed by atoms with van der Waals surface area (Å²) in [6.45, 7) is 9.18. The molecule has 0 atom stereocenters. The van der Waals surface area contributed by atoms with Gasteiger partial charge in [0, 0.05) is 0 Å². The van der Waals surface area contributed by atoms with Crippen molar-refractivity contribution in [1.82, 2.24) is 0 Å². The number of hydrogen-bond acceptors (Lipinski definition) is 0. The van der Waals surface area contributed by atoms with Crippen LogP contribution in [-0.2, 0) is 6.42 Å². The highest BCUT2D eigenvalue weighted by Gasteiger charge is 1.99. The van der Waals surface area contributed by atoms with Gasteiger partial charge in [0.25, 0.3) is 0 Å². The molecule has 96 valence electrons. The fourth-order valence-corrected chi connectivity index (χ4v) is 2.17. The van der Waals surface area contributed by atoms with Crippen LogP contribution in [0.2, 0.25) is 0 Å². The van der Waals surface area contributed by atoms with Gasteiger partial charge in [0.05, 0.1) is 6.57 Å². The standard InChI is InChI=1S/C18H19N/c1-3-4-5-6-15-7-9-16(10-8-15)17-11-13-18(19-2)14-12-17/h7-14H,3-6H2,1H3. The van der Waals surface area contributed by atoms with Crippen LogP contribution in [0, 0.1) is 6.57 Å². The van der Waals surface area contributed by atoms with Crippen molar-refractivity contribution in [2.75, 3.05) is 0 Å². The van der Waals surface area contributed by atoms with Gasteiger partial charge in [0.1, 0.15) is 0 Å². The molecule has 1 heteroatoms. The third-order valence-electron chi connectivity index (χ3n) is 3.35. The van der Waals surface area contributed by atoms with E-state index >= 15 is 0 Å². The summed E-state index contributed by atoms with van der Waals surface area (Å²) in [5.41, 5.74) is 4.50. The number of rotatable bonds is 5. The van der Waals surface area contributed by atoms with Crippen LogP contribution >= 0.6 is 0 Å². The first-order chi connectivity index (χ1) is 9.33. The molecule has 0 aliphatic rings. The molecule has 0 aromatic heterocycles. The Bertz CT molecular complexity index is 544. The molecule has 0 heterocycles. The SMILES string of the molecule is [C-]#[N+]c1ccc(-c2ccc(CCCCC)cc2)cc1. The highest BCUT2D eigenvalue weighted by atomic mass is 14.6. The Morgan fingerprint density at radius 3 is 1.95 bits per heavy atom. The fourth-order valence-electron chi connectivity index (χ4n) is 2.17. The number of benzene rings is 2. The van der Waals surface area contributed by atoms with E-state index in [1.165, 1.54) is 42.4 Å². The molecule has 0 spiro atoms. The Morgan fingerprint density at radius 2 is 1.42 bits per heavy atom. The van der Waals surface area contributed by atoms with E-state index in [-0.39, 0.29) is 0 Å². The summed E-state index contributed by atoms with van der Waals surface area (Å²) in [5.74, 6) is 0. The van der Waals surface area contributed by atoms with E-state index in [1.807, 2.05) is 24.3 Å². The Morgan fingerprint density at radius 1 is 0.842 bits per heavy atom. The van der Waals surface area contributed by atoms with Crippen LogP contribution in [-0.4, -0.2) is 0 Å². The van der Waals surface area contributed by atoms with E-state index in [0.29, 0.717) is 5.69 Å². The second-order valence-electron chi connectivity index (χ2n) is 4.81. The van der Waals surface area contributed by atoms with E-state index in [2.05, 4.69) is 36.0 Å². The van der Waals surface area contributed by atoms with Gasteiger partial charge in [0.2, 0.25) is 0 Å². The lowest BCUT2D eigenvalue weighted by molar-refractivity contribution is 0.717. The molecular weight excluding hydrogens is 230 g/mol. The first-order valence-electron chi connectivity index (χ1n) is 6.90. The quantitative estimate of drug-likeness (QED) is 0.477. The summed E-state index contributed by atoms with van der Waals surface area (Å²) in [6, 6.07) is 16.6. The van der Waals surface area contributed by atoms with Crippen molar-refractivity contribution in [2.45, 2.75) is 32.6 Å². The molecule has 0 fully saturated rings. The summed E-state index contributed by atoms with van der Waals surface area (Å²) in [5, 5.41) is 0. The van der Waals surface area contributed by atoms with Gasteiger partial charge in [-0.1, -0.05) is 68.3 Å². The molecule has 2 aromatic carbocycles. The van der Waals surface area contributed by atoms with Crippen LogP contribution < -0.4 is 0 Å². The first-order valence-corrected chi connectivity index (χ1v) is 6.90. The van der Waals surface area contributed by atoms with Crippen molar-refractivity contribution in [3.63, 3.8) is 0 Å². The zero-order chi connectivity index (χ0) is 13.5. The van der Waals surface area contributed by atoms with Gasteiger partial charge in [0.15, 0.2) is 5.69 Å². The molecule has 0 amide bonds. The molecule has 0 aliphatic heterocycles. The Kier molecular flexibility index (Phi) is 4.75. The zero-order valence-corrected chi connectivity index (χ0v) is 11.4. The normalized spacial score (nSPS) is 10.1. The van der Waals surface area contributed by atoms with E-state index in [4.69, 9.17) is 6.57 Å². The molecule has 0 radical (unpaired) electrons. The lowest BCUT2D eigenvalue weighted by atomic mass is 10.0. The maximum Gasteiger partial charge on any atom is 0.187 e. The van der Waals surface area contributed by atoms with Crippen LogP contribution in [0.15, 0.2) is 48.5 Å². The van der Waals surface area contributed by atoms with Crippen molar-refractivity contribution in [2.24, 2.45) is 0 Å². The molecule has 0 bridgehead atoms. The molecule has 19 heavy (non-hydrogen) atoms. The highest BCUT2D eigenvalue weighted by molar-refractivity contribution is 5.66. The van der Waals surface area contributed by atoms with Crippen molar-refractivity contribution in [3.05, 3.63) is 65.5 Å². The summed E-state index contributed by atoms with van der Waals surface area (Å²) < 4.78 is 0. The fraction of sp³-hybridized carbons (Fsp3) is 0.278. The third kappa shape index (κ3) is 3.69. The summed E-state index contributed by atoms with van der Waals surface area (Å²) >= 11 is 0. The predicted molar refractivity (Wildman–Crippen MR) is 81.4 cm³/mol. The van der Waals surface area contributed by atoms with Crippen molar-refractivity contribution in [3.8, 4) is 11.1 Å². The van der Waals surface area contributed by atoms with E-state index in [0.717, 1.165) is 0 Å². The lowest BCUT2D eigenvalue weighted by Crippen LogP contribution is -1.85. The number of nitrogens with zero attached hydrogens (tertiary/aromatic N) is 1. The van der Waals surface area contributed by atoms with Gasteiger partial charge in [-0.2, -0.15) is 0 Å². The van der Waals surface area contributed by atoms with Crippen molar-refractivity contribution < 1.29 is 0 Å². The summed E-state index contributed by atoms with van der Waals surface area (Å²) in [7, 11) is 0. The maximum atomic E-state index is 6.95. The third-order valence-corrected chi connectivity index (χ3v) is 3.35. The van der Waals surface area contributed by atoms with Crippen LogP contribution in [0.25, 0.3) is 16.0 Å². The lowest BCUT2D eigenvalue weighted by Gasteiger charge is -2.05. The summed E-state index contributed by atoms with van der Waals surface area (Å²) in [4.78, 5) is 3.41. The molecule has 0 saturated carbocycles. The largest absolute Gasteiger partial charge is 0.238 e. The topological polar surface area (TPSA) is 4.36 Å². The number of unbranched alkanes of at least 4 members (excludes halogenated alkanes) is 2. The second-order valence-corrected chi connectivity index (χ2v) is 4.81. The van der Waals surface area contributed by atoms with Crippen molar-refractivity contribution >= 4 is 5.69 Å². The molecule has 2 aromatic rings. The van der Waals surface area contributed by atoms with Crippen LogP contribution in [0.3, 0.4) is 0 Å². The summed E-state index contributed by atoms with van der Waals surface area (Å²) in [6.07, 6.45) is 5.02. The van der Waals surface area contributed by atoms with E-state index < -0.39 is 0 Å². The van der Waals surface area contributed by atoms with E-state index in [1.54, 1.807) is 0 Å². The van der Waals surface area contributed by atoms with Crippen LogP contribution in [0.4, 0.5) is 5.69 Å². The van der Waals surface area contributed by atoms with Gasteiger partial charge in [-0.3, -0.25) is 0 Å². The average molecular weight is 249 g/mol. The minimum atomic E-state index is 0.694. The maximum absolute atomic E-state index is 6.95. The molecule has 0 unspecified atom stereocenters. The minimum Gasteiger partial charge on any atom is -0.238 e. The number of hydrogen-bond donors (Lipinski definition) is 0. The smallest absolute Gasteiger partial charge is 0.187 e. The van der Waals surface area contributed by atoms with Gasteiger partial charge < -0.3 is 0 Å². The van der Waals surface area contributed by atoms with E-state index in [9.17, 15) is 0 Å².